The third kappa shape index (κ3) is 7.02. The Morgan fingerprint density at radius 2 is 1.88 bits per heavy atom. The summed E-state index contributed by atoms with van der Waals surface area (Å²) in [6, 6.07) is 2.11. The van der Waals surface area contributed by atoms with Crippen molar-refractivity contribution in [2.75, 3.05) is 26.8 Å². The first-order chi connectivity index (χ1) is 12.2. The maximum Gasteiger partial charge on any atom is 0.307 e. The lowest BCUT2D eigenvalue weighted by Crippen LogP contribution is -2.38. The number of methoxy groups -OCH3 is 1. The molecule has 146 valence electrons. The Bertz CT molecular complexity index is 742. The van der Waals surface area contributed by atoms with Crippen LogP contribution < -0.4 is 10.0 Å². The van der Waals surface area contributed by atoms with Crippen LogP contribution in [0.15, 0.2) is 23.1 Å². The Hall–Kier alpha value is -2.11. The average Bonchev–Trinajstić information content (AvgIpc) is 2.57. The number of amides is 1. The Labute approximate surface area is 149 Å². The number of rotatable bonds is 10. The minimum atomic E-state index is -4.11. The molecule has 0 radical (unpaired) electrons. The zero-order chi connectivity index (χ0) is 19.7. The Morgan fingerprint density at radius 1 is 1.19 bits per heavy atom. The summed E-state index contributed by atoms with van der Waals surface area (Å²) in [5.74, 6) is -3.80. The van der Waals surface area contributed by atoms with Gasteiger partial charge in [-0.15, -0.1) is 0 Å². The summed E-state index contributed by atoms with van der Waals surface area (Å²) in [5, 5.41) is 2.48. The fourth-order valence-corrected chi connectivity index (χ4v) is 2.79. The van der Waals surface area contributed by atoms with Gasteiger partial charge >= 0.3 is 5.97 Å². The van der Waals surface area contributed by atoms with E-state index in [-0.39, 0.29) is 19.5 Å². The largest absolute Gasteiger partial charge is 0.453 e. The minimum absolute atomic E-state index is 0.255. The highest BCUT2D eigenvalue weighted by Gasteiger charge is 2.19. The lowest BCUT2D eigenvalue weighted by Gasteiger charge is -2.13. The van der Waals surface area contributed by atoms with Gasteiger partial charge in [0.1, 0.15) is 0 Å². The van der Waals surface area contributed by atoms with Crippen molar-refractivity contribution in [1.82, 2.24) is 10.0 Å². The van der Waals surface area contributed by atoms with E-state index in [4.69, 9.17) is 9.47 Å². The van der Waals surface area contributed by atoms with E-state index in [0.29, 0.717) is 18.7 Å². The number of hydrogen-bond donors (Lipinski definition) is 2. The van der Waals surface area contributed by atoms with Crippen LogP contribution in [0.3, 0.4) is 0 Å². The van der Waals surface area contributed by atoms with E-state index >= 15 is 0 Å². The number of carbonyl (C=O) groups excluding carboxylic acids is 2. The number of nitrogens with one attached hydrogen (secondary N) is 2. The predicted octanol–water partition coefficient (Wildman–Crippen LogP) is 0.327. The molecule has 0 spiro atoms. The van der Waals surface area contributed by atoms with Gasteiger partial charge < -0.3 is 14.8 Å². The summed E-state index contributed by atoms with van der Waals surface area (Å²) in [4.78, 5) is 22.8. The number of ether oxygens (including phenoxy) is 2. The normalized spacial score (nSPS) is 12.5. The highest BCUT2D eigenvalue weighted by atomic mass is 32.2. The summed E-state index contributed by atoms with van der Waals surface area (Å²) in [5.41, 5.74) is 0. The molecule has 1 rings (SSSR count). The molecule has 26 heavy (non-hydrogen) atoms. The SMILES string of the molecule is COCCNC(=O)[C@@H](C)OC(=O)CCNS(=O)(=O)c1ccc(F)c(F)c1. The van der Waals surface area contributed by atoms with Crippen LogP contribution in [-0.4, -0.2) is 53.2 Å². The molecule has 0 heterocycles. The third-order valence-corrected chi connectivity index (χ3v) is 4.56. The summed E-state index contributed by atoms with van der Waals surface area (Å²) in [6.07, 6.45) is -1.40. The molecule has 1 aromatic carbocycles. The van der Waals surface area contributed by atoms with Gasteiger partial charge in [-0.1, -0.05) is 0 Å². The molecular weight excluding hydrogens is 374 g/mol. The van der Waals surface area contributed by atoms with Crippen molar-refractivity contribution in [3.8, 4) is 0 Å². The molecular formula is C15H20F2N2O6S. The molecule has 0 aliphatic heterocycles. The van der Waals surface area contributed by atoms with E-state index in [9.17, 15) is 26.8 Å². The van der Waals surface area contributed by atoms with Crippen LogP contribution in [0.2, 0.25) is 0 Å². The Morgan fingerprint density at radius 3 is 2.50 bits per heavy atom. The number of hydrogen-bond acceptors (Lipinski definition) is 6. The van der Waals surface area contributed by atoms with Crippen LogP contribution in [0.25, 0.3) is 0 Å². The van der Waals surface area contributed by atoms with Gasteiger partial charge in [-0.05, 0) is 25.1 Å². The van der Waals surface area contributed by atoms with E-state index in [2.05, 4.69) is 10.0 Å². The monoisotopic (exact) mass is 394 g/mol. The van der Waals surface area contributed by atoms with Crippen molar-refractivity contribution in [1.29, 1.82) is 0 Å². The molecule has 0 saturated carbocycles. The molecule has 0 bridgehead atoms. The van der Waals surface area contributed by atoms with Crippen LogP contribution in [0.5, 0.6) is 0 Å². The molecule has 0 aliphatic rings. The summed E-state index contributed by atoms with van der Waals surface area (Å²) in [7, 11) is -2.64. The van der Waals surface area contributed by atoms with Crippen LogP contribution >= 0.6 is 0 Å². The first-order valence-electron chi connectivity index (χ1n) is 7.58. The highest BCUT2D eigenvalue weighted by molar-refractivity contribution is 7.89. The summed E-state index contributed by atoms with van der Waals surface area (Å²) < 4.78 is 61.5. The lowest BCUT2D eigenvalue weighted by molar-refractivity contribution is -0.154. The second-order valence-electron chi connectivity index (χ2n) is 5.14. The van der Waals surface area contributed by atoms with Crippen LogP contribution in [0.1, 0.15) is 13.3 Å². The van der Waals surface area contributed by atoms with Crippen molar-refractivity contribution in [2.24, 2.45) is 0 Å². The van der Waals surface area contributed by atoms with Crippen molar-refractivity contribution in [3.05, 3.63) is 29.8 Å². The van der Waals surface area contributed by atoms with E-state index in [1.54, 1.807) is 0 Å². The number of halogens is 2. The maximum absolute atomic E-state index is 13.1. The predicted molar refractivity (Wildman–Crippen MR) is 86.6 cm³/mol. The number of benzene rings is 1. The first kappa shape index (κ1) is 21.9. The van der Waals surface area contributed by atoms with Gasteiger partial charge in [0.25, 0.3) is 5.91 Å². The molecule has 0 aromatic heterocycles. The van der Waals surface area contributed by atoms with Gasteiger partial charge in [-0.25, -0.2) is 21.9 Å². The number of esters is 1. The molecule has 0 saturated heterocycles. The molecule has 11 heteroatoms. The van der Waals surface area contributed by atoms with Gasteiger partial charge in [0, 0.05) is 20.2 Å². The number of sulfonamides is 1. The van der Waals surface area contributed by atoms with Crippen LogP contribution in [0.4, 0.5) is 8.78 Å². The standard InChI is InChI=1S/C15H20F2N2O6S/c1-10(15(21)18-7-8-24-2)25-14(20)5-6-19-26(22,23)11-3-4-12(16)13(17)9-11/h3-4,9-10,19H,5-8H2,1-2H3,(H,18,21)/t10-/m1/s1. The summed E-state index contributed by atoms with van der Waals surface area (Å²) in [6.45, 7) is 1.59. The molecule has 1 amide bonds. The zero-order valence-corrected chi connectivity index (χ0v) is 15.1. The molecule has 2 N–H and O–H groups in total. The van der Waals surface area contributed by atoms with Gasteiger partial charge in [0.15, 0.2) is 17.7 Å². The quantitative estimate of drug-likeness (QED) is 0.437. The molecule has 0 unspecified atom stereocenters. The van der Waals surface area contributed by atoms with Gasteiger partial charge in [-0.3, -0.25) is 9.59 Å². The first-order valence-corrected chi connectivity index (χ1v) is 9.06. The third-order valence-electron chi connectivity index (χ3n) is 3.11. The Balaban J connectivity index is 2.45. The van der Waals surface area contributed by atoms with E-state index in [1.165, 1.54) is 14.0 Å². The number of carbonyl (C=O) groups is 2. The average molecular weight is 394 g/mol. The fraction of sp³-hybridized carbons (Fsp3) is 0.467. The molecule has 1 atom stereocenters. The maximum atomic E-state index is 13.1. The van der Waals surface area contributed by atoms with E-state index in [0.717, 1.165) is 6.07 Å². The Kier molecular flexibility index (Phi) is 8.55. The van der Waals surface area contributed by atoms with E-state index in [1.807, 2.05) is 0 Å². The van der Waals surface area contributed by atoms with Gasteiger partial charge in [0.05, 0.1) is 17.9 Å². The lowest BCUT2D eigenvalue weighted by atomic mass is 10.3. The van der Waals surface area contributed by atoms with Gasteiger partial charge in [-0.2, -0.15) is 0 Å². The van der Waals surface area contributed by atoms with Gasteiger partial charge in [0.2, 0.25) is 10.0 Å². The van der Waals surface area contributed by atoms with Crippen molar-refractivity contribution < 1.29 is 36.3 Å². The zero-order valence-electron chi connectivity index (χ0n) is 14.3. The van der Waals surface area contributed by atoms with Crippen LogP contribution in [0, 0.1) is 11.6 Å². The smallest absolute Gasteiger partial charge is 0.307 e. The fourth-order valence-electron chi connectivity index (χ4n) is 1.74. The van der Waals surface area contributed by atoms with Crippen LogP contribution in [-0.2, 0) is 29.1 Å². The van der Waals surface area contributed by atoms with Crippen molar-refractivity contribution in [3.63, 3.8) is 0 Å². The molecule has 0 fully saturated rings. The minimum Gasteiger partial charge on any atom is -0.453 e. The highest BCUT2D eigenvalue weighted by Crippen LogP contribution is 2.13. The molecule has 1 aromatic rings. The van der Waals surface area contributed by atoms with Crippen molar-refractivity contribution >= 4 is 21.9 Å². The second kappa shape index (κ2) is 10.1. The molecule has 0 aliphatic carbocycles. The topological polar surface area (TPSA) is 111 Å². The summed E-state index contributed by atoms with van der Waals surface area (Å²) >= 11 is 0. The van der Waals surface area contributed by atoms with Crippen molar-refractivity contribution in [2.45, 2.75) is 24.3 Å². The second-order valence-corrected chi connectivity index (χ2v) is 6.91. The van der Waals surface area contributed by atoms with E-state index < -0.39 is 44.5 Å². The molecule has 8 nitrogen and oxygen atoms in total.